The topological polar surface area (TPSA) is 73.5 Å². The molecular weight excluding hydrogens is 320 g/mol. The van der Waals surface area contributed by atoms with E-state index in [2.05, 4.69) is 12.2 Å². The molecule has 0 radical (unpaired) electrons. The Bertz CT molecular complexity index is 764. The Morgan fingerprint density at radius 3 is 2.96 bits per heavy atom. The summed E-state index contributed by atoms with van der Waals surface area (Å²) >= 11 is 0. The number of fused-ring (bicyclic) bond motifs is 1. The van der Waals surface area contributed by atoms with Gasteiger partial charge in [-0.1, -0.05) is 31.9 Å². The van der Waals surface area contributed by atoms with Crippen molar-refractivity contribution in [2.45, 2.75) is 51.7 Å². The van der Waals surface area contributed by atoms with Gasteiger partial charge in [-0.15, -0.1) is 0 Å². The summed E-state index contributed by atoms with van der Waals surface area (Å²) in [5.74, 6) is 0.0896. The molecule has 1 aromatic carbocycles. The third kappa shape index (κ3) is 4.51. The number of para-hydroxylation sites is 2. The van der Waals surface area contributed by atoms with Crippen LogP contribution in [0.15, 0.2) is 33.5 Å². The van der Waals surface area contributed by atoms with Gasteiger partial charge >= 0.3 is 5.76 Å². The minimum absolute atomic E-state index is 0.0857. The van der Waals surface area contributed by atoms with Crippen molar-refractivity contribution in [2.24, 2.45) is 5.92 Å². The van der Waals surface area contributed by atoms with Crippen molar-refractivity contribution >= 4 is 17.0 Å². The second kappa shape index (κ2) is 8.34. The standard InChI is InChI=1S/C19H26N2O4/c1-14-6-2-4-8-16(14)24-13-11-20-18(22)10-12-21-15-7-3-5-9-17(15)25-19(21)23/h3,5,7,9,14,16H,2,4,6,8,10-13H2,1H3,(H,20,22)/t14-,16+/m0/s1. The Morgan fingerprint density at radius 2 is 2.12 bits per heavy atom. The summed E-state index contributed by atoms with van der Waals surface area (Å²) in [6.07, 6.45) is 5.43. The third-order valence-corrected chi connectivity index (χ3v) is 4.93. The second-order valence-electron chi connectivity index (χ2n) is 6.76. The lowest BCUT2D eigenvalue weighted by Gasteiger charge is -2.28. The number of carbonyl (C=O) groups is 1. The van der Waals surface area contributed by atoms with Crippen molar-refractivity contribution in [3.8, 4) is 0 Å². The largest absolute Gasteiger partial charge is 0.419 e. The van der Waals surface area contributed by atoms with Gasteiger partial charge in [0.1, 0.15) is 0 Å². The number of ether oxygens (including phenoxy) is 1. The molecule has 1 aromatic heterocycles. The van der Waals surface area contributed by atoms with Crippen LogP contribution in [-0.2, 0) is 16.1 Å². The molecule has 1 aliphatic rings. The summed E-state index contributed by atoms with van der Waals surface area (Å²) in [5.41, 5.74) is 1.26. The highest BCUT2D eigenvalue weighted by molar-refractivity contribution is 5.76. The maximum atomic E-state index is 12.0. The average molecular weight is 346 g/mol. The number of carbonyl (C=O) groups excluding carboxylic acids is 1. The number of hydrogen-bond donors (Lipinski definition) is 1. The van der Waals surface area contributed by atoms with E-state index < -0.39 is 5.76 Å². The SMILES string of the molecule is C[C@H]1CCCC[C@H]1OCCNC(=O)CCn1c(=O)oc2ccccc21. The van der Waals surface area contributed by atoms with Gasteiger partial charge in [-0.05, 0) is 30.9 Å². The summed E-state index contributed by atoms with van der Waals surface area (Å²) in [5, 5.41) is 2.86. The maximum absolute atomic E-state index is 12.0. The molecular formula is C19H26N2O4. The minimum atomic E-state index is -0.427. The summed E-state index contributed by atoms with van der Waals surface area (Å²) in [4.78, 5) is 23.9. The first-order valence-corrected chi connectivity index (χ1v) is 9.12. The van der Waals surface area contributed by atoms with Gasteiger partial charge in [0.25, 0.3) is 0 Å². The van der Waals surface area contributed by atoms with Gasteiger partial charge in [0.15, 0.2) is 5.58 Å². The monoisotopic (exact) mass is 346 g/mol. The number of rotatable bonds is 7. The molecule has 6 heteroatoms. The third-order valence-electron chi connectivity index (χ3n) is 4.93. The molecule has 2 atom stereocenters. The van der Waals surface area contributed by atoms with E-state index in [1.54, 1.807) is 6.07 Å². The molecule has 6 nitrogen and oxygen atoms in total. The number of hydrogen-bond acceptors (Lipinski definition) is 4. The highest BCUT2D eigenvalue weighted by atomic mass is 16.5. The van der Waals surface area contributed by atoms with Crippen molar-refractivity contribution in [1.82, 2.24) is 9.88 Å². The Labute approximate surface area is 147 Å². The average Bonchev–Trinajstić information content (AvgIpc) is 2.93. The van der Waals surface area contributed by atoms with Gasteiger partial charge in [-0.2, -0.15) is 0 Å². The number of aryl methyl sites for hydroxylation is 1. The van der Waals surface area contributed by atoms with E-state index in [0.29, 0.717) is 37.3 Å². The molecule has 0 unspecified atom stereocenters. The fraction of sp³-hybridized carbons (Fsp3) is 0.579. The van der Waals surface area contributed by atoms with Crippen LogP contribution in [0.4, 0.5) is 0 Å². The van der Waals surface area contributed by atoms with Crippen LogP contribution in [0.1, 0.15) is 39.0 Å². The number of benzene rings is 1. The lowest BCUT2D eigenvalue weighted by Crippen LogP contribution is -2.32. The number of amides is 1. The van der Waals surface area contributed by atoms with Crippen molar-refractivity contribution in [3.63, 3.8) is 0 Å². The van der Waals surface area contributed by atoms with Crippen molar-refractivity contribution in [3.05, 3.63) is 34.8 Å². The number of nitrogens with zero attached hydrogens (tertiary/aromatic N) is 1. The Kier molecular flexibility index (Phi) is 5.91. The van der Waals surface area contributed by atoms with Crippen molar-refractivity contribution in [1.29, 1.82) is 0 Å². The van der Waals surface area contributed by atoms with Crippen molar-refractivity contribution in [2.75, 3.05) is 13.2 Å². The van der Waals surface area contributed by atoms with Gasteiger partial charge in [0, 0.05) is 19.5 Å². The van der Waals surface area contributed by atoms with Gasteiger partial charge < -0.3 is 14.5 Å². The smallest absolute Gasteiger partial charge is 0.408 e. The highest BCUT2D eigenvalue weighted by Gasteiger charge is 2.21. The molecule has 3 rings (SSSR count). The number of oxazole rings is 1. The zero-order valence-electron chi connectivity index (χ0n) is 14.7. The maximum Gasteiger partial charge on any atom is 0.419 e. The Balaban J connectivity index is 1.41. The molecule has 1 aliphatic carbocycles. The first-order chi connectivity index (χ1) is 12.1. The summed E-state index contributed by atoms with van der Waals surface area (Å²) < 4.78 is 12.5. The Hall–Kier alpha value is -2.08. The lowest BCUT2D eigenvalue weighted by molar-refractivity contribution is -0.121. The Morgan fingerprint density at radius 1 is 1.32 bits per heavy atom. The predicted octanol–water partition coefficient (Wildman–Crippen LogP) is 2.70. The van der Waals surface area contributed by atoms with Crippen LogP contribution < -0.4 is 11.1 Å². The first-order valence-electron chi connectivity index (χ1n) is 9.12. The summed E-state index contributed by atoms with van der Waals surface area (Å²) in [6.45, 7) is 3.58. The molecule has 0 saturated heterocycles. The van der Waals surface area contributed by atoms with Crippen molar-refractivity contribution < 1.29 is 13.9 Å². The van der Waals surface area contributed by atoms with Gasteiger partial charge in [-0.25, -0.2) is 4.79 Å². The van der Waals surface area contributed by atoms with E-state index in [4.69, 9.17) is 9.15 Å². The van der Waals surface area contributed by atoms with Gasteiger partial charge in [0.2, 0.25) is 5.91 Å². The first kappa shape index (κ1) is 17.7. The van der Waals surface area contributed by atoms with E-state index in [0.717, 1.165) is 11.9 Å². The molecule has 1 heterocycles. The fourth-order valence-corrected chi connectivity index (χ4v) is 3.46. The second-order valence-corrected chi connectivity index (χ2v) is 6.76. The molecule has 136 valence electrons. The molecule has 0 aliphatic heterocycles. The summed E-state index contributed by atoms with van der Waals surface area (Å²) in [6, 6.07) is 7.22. The minimum Gasteiger partial charge on any atom is -0.408 e. The van der Waals surface area contributed by atoms with Crippen LogP contribution in [0.2, 0.25) is 0 Å². The van der Waals surface area contributed by atoms with Crippen LogP contribution in [0.3, 0.4) is 0 Å². The molecule has 0 spiro atoms. The predicted molar refractivity (Wildman–Crippen MR) is 95.5 cm³/mol. The number of aromatic nitrogens is 1. The van der Waals surface area contributed by atoms with E-state index in [-0.39, 0.29) is 12.3 Å². The van der Waals surface area contributed by atoms with E-state index in [1.165, 1.54) is 23.8 Å². The van der Waals surface area contributed by atoms with E-state index in [9.17, 15) is 9.59 Å². The zero-order chi connectivity index (χ0) is 17.6. The molecule has 1 N–H and O–H groups in total. The van der Waals surface area contributed by atoms with Gasteiger partial charge in [0.05, 0.1) is 18.2 Å². The molecule has 1 amide bonds. The van der Waals surface area contributed by atoms with Crippen LogP contribution in [0.5, 0.6) is 0 Å². The van der Waals surface area contributed by atoms with Crippen LogP contribution in [-0.4, -0.2) is 29.7 Å². The molecule has 1 fully saturated rings. The van der Waals surface area contributed by atoms with Crippen LogP contribution in [0.25, 0.3) is 11.1 Å². The van der Waals surface area contributed by atoms with Crippen LogP contribution in [0, 0.1) is 5.92 Å². The van der Waals surface area contributed by atoms with E-state index >= 15 is 0 Å². The zero-order valence-corrected chi connectivity index (χ0v) is 14.7. The molecule has 2 aromatic rings. The number of nitrogens with one attached hydrogen (secondary N) is 1. The lowest BCUT2D eigenvalue weighted by atomic mass is 9.88. The quantitative estimate of drug-likeness (QED) is 0.782. The van der Waals surface area contributed by atoms with Crippen LogP contribution >= 0.6 is 0 Å². The fourth-order valence-electron chi connectivity index (χ4n) is 3.46. The molecule has 25 heavy (non-hydrogen) atoms. The van der Waals surface area contributed by atoms with Gasteiger partial charge in [-0.3, -0.25) is 9.36 Å². The normalized spacial score (nSPS) is 20.7. The highest BCUT2D eigenvalue weighted by Crippen LogP contribution is 2.25. The van der Waals surface area contributed by atoms with E-state index in [1.807, 2.05) is 18.2 Å². The molecule has 0 bridgehead atoms. The molecule has 1 saturated carbocycles. The summed E-state index contributed by atoms with van der Waals surface area (Å²) in [7, 11) is 0.